The number of carbonyl (C=O) groups excluding carboxylic acids is 1. The van der Waals surface area contributed by atoms with Crippen LogP contribution < -0.4 is 5.32 Å². The van der Waals surface area contributed by atoms with E-state index in [0.29, 0.717) is 30.9 Å². The molecule has 1 aliphatic rings. The van der Waals surface area contributed by atoms with Gasteiger partial charge in [0.25, 0.3) is 5.91 Å². The number of hydrogen-bond acceptors (Lipinski definition) is 5. The van der Waals surface area contributed by atoms with E-state index in [2.05, 4.69) is 15.4 Å². The van der Waals surface area contributed by atoms with Gasteiger partial charge in [-0.3, -0.25) is 14.5 Å². The molecular weight excluding hydrogens is 390 g/mol. The molecule has 10 heteroatoms. The summed E-state index contributed by atoms with van der Waals surface area (Å²) in [5, 5.41) is 7.07. The van der Waals surface area contributed by atoms with Crippen LogP contribution in [0.15, 0.2) is 29.4 Å². The van der Waals surface area contributed by atoms with Gasteiger partial charge in [0, 0.05) is 39.1 Å². The summed E-state index contributed by atoms with van der Waals surface area (Å²) in [6, 6.07) is 3.39. The van der Waals surface area contributed by atoms with E-state index in [1.165, 1.54) is 15.2 Å². The van der Waals surface area contributed by atoms with Gasteiger partial charge in [0.15, 0.2) is 0 Å². The Morgan fingerprint density at radius 1 is 1.44 bits per heavy atom. The van der Waals surface area contributed by atoms with Crippen LogP contribution in [-0.4, -0.2) is 53.0 Å². The van der Waals surface area contributed by atoms with Crippen LogP contribution in [0.1, 0.15) is 28.9 Å². The fraction of sp³-hybridized carbons (Fsp3) is 0.471. The van der Waals surface area contributed by atoms with Crippen LogP contribution >= 0.6 is 11.6 Å². The number of aryl methyl sites for hydroxylation is 2. The number of rotatable bonds is 5. The number of sulfonamides is 1. The highest BCUT2D eigenvalue weighted by atomic mass is 35.5. The molecule has 3 heterocycles. The molecule has 2 aromatic rings. The first-order valence-electron chi connectivity index (χ1n) is 8.68. The fourth-order valence-corrected chi connectivity index (χ4v) is 5.54. The number of piperidine rings is 1. The number of halogens is 1. The lowest BCUT2D eigenvalue weighted by atomic mass is 9.99. The lowest BCUT2D eigenvalue weighted by Crippen LogP contribution is -2.43. The highest BCUT2D eigenvalue weighted by Crippen LogP contribution is 2.30. The lowest BCUT2D eigenvalue weighted by Gasteiger charge is -2.32. The van der Waals surface area contributed by atoms with Crippen molar-refractivity contribution in [2.24, 2.45) is 13.0 Å². The summed E-state index contributed by atoms with van der Waals surface area (Å²) in [6.45, 7) is 2.80. The van der Waals surface area contributed by atoms with Crippen molar-refractivity contribution in [1.29, 1.82) is 0 Å². The predicted octanol–water partition coefficient (Wildman–Crippen LogP) is 1.61. The van der Waals surface area contributed by atoms with Crippen molar-refractivity contribution in [2.75, 3.05) is 19.6 Å². The molecule has 1 saturated heterocycles. The topological polar surface area (TPSA) is 97.2 Å². The quantitative estimate of drug-likeness (QED) is 0.806. The number of amides is 1. The minimum Gasteiger partial charge on any atom is -0.352 e. The maximum atomic E-state index is 13.0. The molecular formula is C17H22ClN5O3S. The van der Waals surface area contributed by atoms with Crippen molar-refractivity contribution in [3.63, 3.8) is 0 Å². The molecule has 0 bridgehead atoms. The third-order valence-electron chi connectivity index (χ3n) is 4.65. The molecule has 0 spiro atoms. The number of aromatic nitrogens is 3. The van der Waals surface area contributed by atoms with Crippen molar-refractivity contribution in [3.05, 3.63) is 40.9 Å². The van der Waals surface area contributed by atoms with Gasteiger partial charge in [-0.2, -0.15) is 9.40 Å². The molecule has 8 nitrogen and oxygen atoms in total. The second-order valence-corrected chi connectivity index (χ2v) is 8.88. The Morgan fingerprint density at radius 2 is 2.22 bits per heavy atom. The van der Waals surface area contributed by atoms with Crippen molar-refractivity contribution in [1.82, 2.24) is 24.4 Å². The summed E-state index contributed by atoms with van der Waals surface area (Å²) < 4.78 is 28.9. The van der Waals surface area contributed by atoms with Crippen LogP contribution in [-0.2, 0) is 17.1 Å². The minimum atomic E-state index is -3.73. The highest BCUT2D eigenvalue weighted by Gasteiger charge is 2.34. The zero-order chi connectivity index (χ0) is 19.6. The average molecular weight is 412 g/mol. The first kappa shape index (κ1) is 19.8. The van der Waals surface area contributed by atoms with Gasteiger partial charge in [0.2, 0.25) is 10.0 Å². The van der Waals surface area contributed by atoms with Crippen LogP contribution in [0.2, 0.25) is 5.15 Å². The Labute approximate surface area is 163 Å². The van der Waals surface area contributed by atoms with E-state index in [0.717, 1.165) is 12.8 Å². The average Bonchev–Trinajstić information content (AvgIpc) is 2.93. The Morgan fingerprint density at radius 3 is 2.85 bits per heavy atom. The van der Waals surface area contributed by atoms with E-state index in [-0.39, 0.29) is 21.9 Å². The number of nitrogens with one attached hydrogen (secondary N) is 1. The summed E-state index contributed by atoms with van der Waals surface area (Å²) in [7, 11) is -2.12. The first-order valence-corrected chi connectivity index (χ1v) is 10.5. The Balaban J connectivity index is 1.68. The highest BCUT2D eigenvalue weighted by molar-refractivity contribution is 7.89. The number of hydrogen-bond donors (Lipinski definition) is 1. The third kappa shape index (κ3) is 4.15. The zero-order valence-corrected chi connectivity index (χ0v) is 16.8. The molecule has 27 heavy (non-hydrogen) atoms. The largest absolute Gasteiger partial charge is 0.352 e. The molecule has 146 valence electrons. The van der Waals surface area contributed by atoms with Crippen LogP contribution in [0.5, 0.6) is 0 Å². The van der Waals surface area contributed by atoms with Crippen molar-refractivity contribution in [2.45, 2.75) is 24.7 Å². The summed E-state index contributed by atoms with van der Waals surface area (Å²) in [5.41, 5.74) is 0.866. The van der Waals surface area contributed by atoms with Crippen molar-refractivity contribution >= 4 is 27.5 Å². The Kier molecular flexibility index (Phi) is 5.83. The standard InChI is InChI=1S/C17H22ClN5O3S/c1-12-15(16(18)22(2)21-12)27(25,26)23-8-4-5-13(11-23)9-20-17(24)14-6-3-7-19-10-14/h3,6-7,10,13H,4-5,8-9,11H2,1-2H3,(H,20,24)/t13-/m1/s1. The molecule has 0 aliphatic carbocycles. The van der Waals surface area contributed by atoms with Crippen LogP contribution in [0, 0.1) is 12.8 Å². The second-order valence-electron chi connectivity index (χ2n) is 6.65. The van der Waals surface area contributed by atoms with Gasteiger partial charge in [-0.15, -0.1) is 0 Å². The van der Waals surface area contributed by atoms with E-state index >= 15 is 0 Å². The smallest absolute Gasteiger partial charge is 0.252 e. The van der Waals surface area contributed by atoms with Gasteiger partial charge in [0.1, 0.15) is 10.0 Å². The molecule has 0 radical (unpaired) electrons. The molecule has 3 rings (SSSR count). The van der Waals surface area contributed by atoms with Gasteiger partial charge in [-0.1, -0.05) is 11.6 Å². The third-order valence-corrected chi connectivity index (χ3v) is 7.22. The Hall–Kier alpha value is -1.97. The van der Waals surface area contributed by atoms with Gasteiger partial charge >= 0.3 is 0 Å². The van der Waals surface area contributed by atoms with E-state index in [1.54, 1.807) is 32.3 Å². The van der Waals surface area contributed by atoms with Crippen molar-refractivity contribution in [3.8, 4) is 0 Å². The summed E-state index contributed by atoms with van der Waals surface area (Å²) >= 11 is 6.16. The van der Waals surface area contributed by atoms with Crippen LogP contribution in [0.25, 0.3) is 0 Å². The van der Waals surface area contributed by atoms with E-state index in [9.17, 15) is 13.2 Å². The zero-order valence-electron chi connectivity index (χ0n) is 15.2. The molecule has 2 aromatic heterocycles. The molecule has 1 aliphatic heterocycles. The van der Waals surface area contributed by atoms with Gasteiger partial charge < -0.3 is 5.32 Å². The molecule has 1 amide bonds. The molecule has 1 atom stereocenters. The maximum absolute atomic E-state index is 13.0. The van der Waals surface area contributed by atoms with E-state index in [1.807, 2.05) is 0 Å². The maximum Gasteiger partial charge on any atom is 0.252 e. The van der Waals surface area contributed by atoms with Gasteiger partial charge in [0.05, 0.1) is 11.3 Å². The SMILES string of the molecule is Cc1nn(C)c(Cl)c1S(=O)(=O)N1CCC[C@H](CNC(=O)c2cccnc2)C1. The second kappa shape index (κ2) is 7.95. The Bertz CT molecular complexity index is 930. The monoisotopic (exact) mass is 411 g/mol. The van der Waals surface area contributed by atoms with Crippen LogP contribution in [0.4, 0.5) is 0 Å². The van der Waals surface area contributed by atoms with Crippen LogP contribution in [0.3, 0.4) is 0 Å². The molecule has 1 fully saturated rings. The summed E-state index contributed by atoms with van der Waals surface area (Å²) in [4.78, 5) is 16.2. The minimum absolute atomic E-state index is 0.0323. The number of carbonyl (C=O) groups is 1. The van der Waals surface area contributed by atoms with E-state index < -0.39 is 10.0 Å². The normalized spacial score (nSPS) is 18.4. The number of nitrogens with zero attached hydrogens (tertiary/aromatic N) is 4. The summed E-state index contributed by atoms with van der Waals surface area (Å²) in [6.07, 6.45) is 4.68. The molecule has 1 N–H and O–H groups in total. The molecule has 0 unspecified atom stereocenters. The fourth-order valence-electron chi connectivity index (χ4n) is 3.28. The van der Waals surface area contributed by atoms with Crippen molar-refractivity contribution < 1.29 is 13.2 Å². The molecule has 0 aromatic carbocycles. The van der Waals surface area contributed by atoms with E-state index in [4.69, 9.17) is 11.6 Å². The van der Waals surface area contributed by atoms with Gasteiger partial charge in [-0.25, -0.2) is 8.42 Å². The number of pyridine rings is 1. The lowest BCUT2D eigenvalue weighted by molar-refractivity contribution is 0.0941. The molecule has 0 saturated carbocycles. The van der Waals surface area contributed by atoms with Gasteiger partial charge in [-0.05, 0) is 37.8 Å². The first-order chi connectivity index (χ1) is 12.8. The summed E-state index contributed by atoms with van der Waals surface area (Å²) in [5.74, 6) is -0.181. The predicted molar refractivity (Wildman–Crippen MR) is 101 cm³/mol.